The number of ketones is 1. The molecule has 0 aliphatic carbocycles. The first kappa shape index (κ1) is 34.7. The summed E-state index contributed by atoms with van der Waals surface area (Å²) in [7, 11) is 0. The molecule has 0 radical (unpaired) electrons. The maximum atomic E-state index is 13.8. The SMILES string of the molecule is CCCCCCCC(=O)C[C@H](CN1CCCC1)[C@H](OC(=O)[C@H](NC(=O)OC(C)(C)C)C(C)C)c1ccc2c(c1)OCCO2. The fraction of sp³-hybridized carbons (Fsp3) is 0.735. The van der Waals surface area contributed by atoms with Crippen molar-refractivity contribution in [1.82, 2.24) is 10.2 Å². The highest BCUT2D eigenvalue weighted by molar-refractivity contribution is 5.82. The maximum absolute atomic E-state index is 13.8. The molecule has 0 bridgehead atoms. The number of rotatable bonds is 16. The molecule has 0 unspecified atom stereocenters. The van der Waals surface area contributed by atoms with Crippen molar-refractivity contribution in [3.63, 3.8) is 0 Å². The van der Waals surface area contributed by atoms with Crippen LogP contribution < -0.4 is 14.8 Å². The van der Waals surface area contributed by atoms with E-state index < -0.39 is 29.8 Å². The molecule has 3 rings (SSSR count). The van der Waals surface area contributed by atoms with Crippen LogP contribution in [0.3, 0.4) is 0 Å². The molecule has 3 atom stereocenters. The van der Waals surface area contributed by atoms with Gasteiger partial charge in [0.1, 0.15) is 36.7 Å². The number of hydrogen-bond acceptors (Lipinski definition) is 8. The maximum Gasteiger partial charge on any atom is 0.408 e. The van der Waals surface area contributed by atoms with Gasteiger partial charge in [0.05, 0.1) is 0 Å². The Kier molecular flexibility index (Phi) is 13.6. The molecule has 0 spiro atoms. The molecule has 242 valence electrons. The topological polar surface area (TPSA) is 103 Å². The lowest BCUT2D eigenvalue weighted by Gasteiger charge is -2.33. The molecule has 0 aromatic heterocycles. The van der Waals surface area contributed by atoms with E-state index in [-0.39, 0.29) is 17.6 Å². The summed E-state index contributed by atoms with van der Waals surface area (Å²) in [6.07, 6.45) is 7.07. The molecule has 1 aromatic rings. The van der Waals surface area contributed by atoms with Gasteiger partial charge in [0, 0.05) is 25.3 Å². The van der Waals surface area contributed by atoms with Gasteiger partial charge in [0.2, 0.25) is 0 Å². The molecule has 2 aliphatic heterocycles. The van der Waals surface area contributed by atoms with Crippen molar-refractivity contribution in [3.8, 4) is 11.5 Å². The Morgan fingerprint density at radius 2 is 1.65 bits per heavy atom. The van der Waals surface area contributed by atoms with Crippen LogP contribution in [0.4, 0.5) is 4.79 Å². The number of amides is 1. The van der Waals surface area contributed by atoms with E-state index in [1.165, 1.54) is 6.42 Å². The van der Waals surface area contributed by atoms with Gasteiger partial charge < -0.3 is 29.2 Å². The molecule has 2 heterocycles. The molecule has 1 amide bonds. The summed E-state index contributed by atoms with van der Waals surface area (Å²) >= 11 is 0. The fourth-order valence-electron chi connectivity index (χ4n) is 5.69. The number of nitrogens with zero attached hydrogens (tertiary/aromatic N) is 1. The van der Waals surface area contributed by atoms with Crippen LogP contribution >= 0.6 is 0 Å². The third-order valence-electron chi connectivity index (χ3n) is 7.90. The average Bonchev–Trinajstić information content (AvgIpc) is 3.46. The lowest BCUT2D eigenvalue weighted by Crippen LogP contribution is -2.48. The zero-order valence-electron chi connectivity index (χ0n) is 27.2. The number of carbonyl (C=O) groups is 3. The van der Waals surface area contributed by atoms with Crippen molar-refractivity contribution in [2.45, 2.75) is 117 Å². The first-order valence-corrected chi connectivity index (χ1v) is 16.3. The Morgan fingerprint density at radius 3 is 2.30 bits per heavy atom. The van der Waals surface area contributed by atoms with Crippen LogP contribution in [0.1, 0.15) is 111 Å². The highest BCUT2D eigenvalue weighted by Gasteiger charge is 2.36. The zero-order valence-corrected chi connectivity index (χ0v) is 27.2. The minimum atomic E-state index is -0.920. The molecule has 1 N–H and O–H groups in total. The number of carbonyl (C=O) groups excluding carboxylic acids is 3. The Bertz CT molecular complexity index is 1050. The van der Waals surface area contributed by atoms with E-state index in [4.69, 9.17) is 18.9 Å². The molecule has 2 aliphatic rings. The third-order valence-corrected chi connectivity index (χ3v) is 7.90. The van der Waals surface area contributed by atoms with Crippen molar-refractivity contribution >= 4 is 17.8 Å². The van der Waals surface area contributed by atoms with Gasteiger partial charge in [-0.1, -0.05) is 52.5 Å². The number of nitrogens with one attached hydrogen (secondary N) is 1. The van der Waals surface area contributed by atoms with Crippen molar-refractivity contribution in [2.24, 2.45) is 11.8 Å². The van der Waals surface area contributed by atoms with E-state index in [0.717, 1.165) is 57.2 Å². The van der Waals surface area contributed by atoms with Crippen LogP contribution in [-0.4, -0.2) is 67.2 Å². The number of unbranched alkanes of at least 4 members (excludes halogenated alkanes) is 4. The van der Waals surface area contributed by atoms with E-state index >= 15 is 0 Å². The normalized spacial score (nSPS) is 17.3. The van der Waals surface area contributed by atoms with Crippen LogP contribution in [0, 0.1) is 11.8 Å². The van der Waals surface area contributed by atoms with E-state index in [9.17, 15) is 14.4 Å². The van der Waals surface area contributed by atoms with Gasteiger partial charge >= 0.3 is 12.1 Å². The average molecular weight is 603 g/mol. The minimum Gasteiger partial charge on any atom is -0.486 e. The zero-order chi connectivity index (χ0) is 31.4. The van der Waals surface area contributed by atoms with Gasteiger partial charge in [-0.05, 0) is 76.7 Å². The smallest absolute Gasteiger partial charge is 0.408 e. The number of fused-ring (bicyclic) bond motifs is 1. The van der Waals surface area contributed by atoms with Crippen molar-refractivity contribution in [3.05, 3.63) is 23.8 Å². The van der Waals surface area contributed by atoms with E-state index in [2.05, 4.69) is 17.1 Å². The van der Waals surface area contributed by atoms with E-state index in [0.29, 0.717) is 44.1 Å². The van der Waals surface area contributed by atoms with Crippen LogP contribution in [-0.2, 0) is 19.1 Å². The number of ether oxygens (including phenoxy) is 4. The second-order valence-electron chi connectivity index (χ2n) is 13.3. The summed E-state index contributed by atoms with van der Waals surface area (Å²) in [6, 6.07) is 4.68. The summed E-state index contributed by atoms with van der Waals surface area (Å²) < 4.78 is 23.4. The van der Waals surface area contributed by atoms with Crippen LogP contribution in [0.5, 0.6) is 11.5 Å². The van der Waals surface area contributed by atoms with Gasteiger partial charge in [0.25, 0.3) is 0 Å². The summed E-state index contributed by atoms with van der Waals surface area (Å²) in [5, 5.41) is 2.72. The van der Waals surface area contributed by atoms with Gasteiger partial charge in [0.15, 0.2) is 11.5 Å². The molecule has 1 fully saturated rings. The van der Waals surface area contributed by atoms with Crippen molar-refractivity contribution < 1.29 is 33.3 Å². The lowest BCUT2D eigenvalue weighted by atomic mass is 9.88. The molecule has 1 aromatic carbocycles. The standard InChI is InChI=1S/C34H54N2O7/c1-7-8-9-10-11-14-27(37)21-26(23-36-17-12-13-18-36)31(25-15-16-28-29(22-25)41-20-19-40-28)42-32(38)30(24(2)3)35-33(39)43-34(4,5)6/h15-16,22,24,26,30-31H,7-14,17-21,23H2,1-6H3,(H,35,39)/t26-,30-,31-/m1/s1. The quantitative estimate of drug-likeness (QED) is 0.166. The Balaban J connectivity index is 1.88. The summed E-state index contributed by atoms with van der Waals surface area (Å²) in [5.74, 6) is 0.362. The number of Topliss-reactive ketones (excluding diaryl/α,β-unsaturated/α-hetero) is 1. The number of hydrogen-bond donors (Lipinski definition) is 1. The third kappa shape index (κ3) is 11.7. The first-order valence-electron chi connectivity index (χ1n) is 16.3. The molecule has 43 heavy (non-hydrogen) atoms. The number of esters is 1. The predicted octanol–water partition coefficient (Wildman–Crippen LogP) is 6.62. The van der Waals surface area contributed by atoms with E-state index in [1.807, 2.05) is 32.0 Å². The lowest BCUT2D eigenvalue weighted by molar-refractivity contribution is -0.157. The molecule has 1 saturated heterocycles. The summed E-state index contributed by atoms with van der Waals surface area (Å²) in [4.78, 5) is 42.2. The molecular weight excluding hydrogens is 548 g/mol. The van der Waals surface area contributed by atoms with Crippen molar-refractivity contribution in [1.29, 1.82) is 0 Å². The number of benzene rings is 1. The Hall–Kier alpha value is -2.81. The minimum absolute atomic E-state index is 0.187. The van der Waals surface area contributed by atoms with Crippen molar-refractivity contribution in [2.75, 3.05) is 32.8 Å². The number of likely N-dealkylation sites (tertiary alicyclic amines) is 1. The molecule has 0 saturated carbocycles. The summed E-state index contributed by atoms with van der Waals surface area (Å²) in [5.41, 5.74) is 0.0402. The second kappa shape index (κ2) is 16.9. The highest BCUT2D eigenvalue weighted by Crippen LogP contribution is 2.38. The largest absolute Gasteiger partial charge is 0.486 e. The first-order chi connectivity index (χ1) is 20.5. The molecule has 9 heteroatoms. The molecular formula is C34H54N2O7. The number of alkyl carbamates (subject to hydrolysis) is 1. The monoisotopic (exact) mass is 602 g/mol. The Labute approximate surface area is 258 Å². The van der Waals surface area contributed by atoms with E-state index in [1.54, 1.807) is 20.8 Å². The van der Waals surface area contributed by atoms with Gasteiger partial charge in [-0.3, -0.25) is 4.79 Å². The molecule has 9 nitrogen and oxygen atoms in total. The van der Waals surface area contributed by atoms with Gasteiger partial charge in [-0.2, -0.15) is 0 Å². The predicted molar refractivity (Wildman–Crippen MR) is 166 cm³/mol. The van der Waals surface area contributed by atoms with Gasteiger partial charge in [-0.25, -0.2) is 9.59 Å². The highest BCUT2D eigenvalue weighted by atomic mass is 16.6. The van der Waals surface area contributed by atoms with Gasteiger partial charge in [-0.15, -0.1) is 0 Å². The Morgan fingerprint density at radius 1 is 0.977 bits per heavy atom. The van der Waals surface area contributed by atoms with Crippen LogP contribution in [0.15, 0.2) is 18.2 Å². The summed E-state index contributed by atoms with van der Waals surface area (Å²) in [6.45, 7) is 14.7. The second-order valence-corrected chi connectivity index (χ2v) is 13.3. The van der Waals surface area contributed by atoms with Crippen LogP contribution in [0.2, 0.25) is 0 Å². The fourth-order valence-corrected chi connectivity index (χ4v) is 5.69. The van der Waals surface area contributed by atoms with Crippen LogP contribution in [0.25, 0.3) is 0 Å².